The van der Waals surface area contributed by atoms with Gasteiger partial charge in [0.25, 0.3) is 0 Å². The number of nitrogens with one attached hydrogen (secondary N) is 1. The largest absolute Gasteiger partial charge is 0.456 e. The first-order valence-corrected chi connectivity index (χ1v) is 10.9. The zero-order valence-electron chi connectivity index (χ0n) is 17.2. The Balaban J connectivity index is 1.50. The number of anilines is 2. The molecule has 0 saturated carbocycles. The number of hydrogen-bond acceptors (Lipinski definition) is 2. The Kier molecular flexibility index (Phi) is 4.92. The highest BCUT2D eigenvalue weighted by Gasteiger charge is 2.36. The molecule has 0 amide bonds. The summed E-state index contributed by atoms with van der Waals surface area (Å²) in [6.45, 7) is 4.49. The summed E-state index contributed by atoms with van der Waals surface area (Å²) in [7, 11) is 0. The molecule has 2 nitrogen and oxygen atoms in total. The van der Waals surface area contributed by atoms with Crippen molar-refractivity contribution in [2.45, 2.75) is 19.3 Å². The average molecular weight is 446 g/mol. The number of ether oxygens (including phenoxy) is 1. The fourth-order valence-corrected chi connectivity index (χ4v) is 4.59. The average Bonchev–Trinajstić information content (AvgIpc) is 2.98. The monoisotopic (exact) mass is 445 g/mol. The SMILES string of the molecule is CC1(C)c2cc(Nc3ccccc3Cl)ccc2-c2ccc(Oc3ccccc3Cl)cc21. The van der Waals surface area contributed by atoms with E-state index in [9.17, 15) is 0 Å². The van der Waals surface area contributed by atoms with Crippen LogP contribution in [-0.4, -0.2) is 0 Å². The molecule has 0 heterocycles. The molecule has 0 fully saturated rings. The highest BCUT2D eigenvalue weighted by atomic mass is 35.5. The van der Waals surface area contributed by atoms with Crippen molar-refractivity contribution in [3.8, 4) is 22.6 Å². The second-order valence-electron chi connectivity index (χ2n) is 8.23. The van der Waals surface area contributed by atoms with Gasteiger partial charge in [0.05, 0.1) is 15.7 Å². The van der Waals surface area contributed by atoms with E-state index in [0.29, 0.717) is 15.8 Å². The van der Waals surface area contributed by atoms with Crippen molar-refractivity contribution in [1.82, 2.24) is 0 Å². The van der Waals surface area contributed by atoms with E-state index >= 15 is 0 Å². The van der Waals surface area contributed by atoms with Crippen LogP contribution in [0.1, 0.15) is 25.0 Å². The van der Waals surface area contributed by atoms with Crippen molar-refractivity contribution >= 4 is 34.6 Å². The molecule has 0 unspecified atom stereocenters. The molecule has 0 bridgehead atoms. The summed E-state index contributed by atoms with van der Waals surface area (Å²) in [6, 6.07) is 28.0. The molecule has 0 atom stereocenters. The maximum atomic E-state index is 6.33. The molecule has 0 saturated heterocycles. The van der Waals surface area contributed by atoms with Gasteiger partial charge in [0.1, 0.15) is 11.5 Å². The Morgan fingerprint density at radius 1 is 0.710 bits per heavy atom. The first-order valence-electron chi connectivity index (χ1n) is 10.2. The van der Waals surface area contributed by atoms with Crippen molar-refractivity contribution in [3.63, 3.8) is 0 Å². The molecular weight excluding hydrogens is 425 g/mol. The Hall–Kier alpha value is -2.94. The van der Waals surface area contributed by atoms with Crippen molar-refractivity contribution in [3.05, 3.63) is 106 Å². The summed E-state index contributed by atoms with van der Waals surface area (Å²) in [6.07, 6.45) is 0. The highest BCUT2D eigenvalue weighted by Crippen LogP contribution is 2.51. The Morgan fingerprint density at radius 3 is 2.10 bits per heavy atom. The van der Waals surface area contributed by atoms with Crippen LogP contribution in [0.3, 0.4) is 0 Å². The lowest BCUT2D eigenvalue weighted by atomic mass is 9.82. The van der Waals surface area contributed by atoms with Gasteiger partial charge in [0.2, 0.25) is 0 Å². The van der Waals surface area contributed by atoms with Gasteiger partial charge < -0.3 is 10.1 Å². The van der Waals surface area contributed by atoms with Gasteiger partial charge in [0.15, 0.2) is 0 Å². The third-order valence-electron chi connectivity index (χ3n) is 5.86. The van der Waals surface area contributed by atoms with Gasteiger partial charge in [-0.1, -0.05) is 73.4 Å². The van der Waals surface area contributed by atoms with Gasteiger partial charge in [-0.05, 0) is 70.8 Å². The minimum absolute atomic E-state index is 0.164. The second kappa shape index (κ2) is 7.64. The second-order valence-corrected chi connectivity index (χ2v) is 9.04. The lowest BCUT2D eigenvalue weighted by Crippen LogP contribution is -2.15. The van der Waals surface area contributed by atoms with E-state index in [-0.39, 0.29) is 5.41 Å². The Labute approximate surface area is 192 Å². The lowest BCUT2D eigenvalue weighted by molar-refractivity contribution is 0.481. The predicted molar refractivity (Wildman–Crippen MR) is 130 cm³/mol. The molecule has 5 rings (SSSR count). The molecule has 0 aliphatic heterocycles. The number of hydrogen-bond donors (Lipinski definition) is 1. The van der Waals surface area contributed by atoms with Gasteiger partial charge in [-0.3, -0.25) is 0 Å². The van der Waals surface area contributed by atoms with Crippen LogP contribution in [0.2, 0.25) is 10.0 Å². The van der Waals surface area contributed by atoms with Crippen molar-refractivity contribution in [2.75, 3.05) is 5.32 Å². The fraction of sp³-hybridized carbons (Fsp3) is 0.111. The molecule has 0 aromatic heterocycles. The van der Waals surface area contributed by atoms with Crippen LogP contribution in [0.25, 0.3) is 11.1 Å². The zero-order valence-corrected chi connectivity index (χ0v) is 18.8. The first kappa shape index (κ1) is 20.0. The normalized spacial score (nSPS) is 13.4. The minimum atomic E-state index is -0.164. The van der Waals surface area contributed by atoms with E-state index in [4.69, 9.17) is 27.9 Å². The first-order chi connectivity index (χ1) is 14.9. The van der Waals surface area contributed by atoms with Crippen LogP contribution in [0.4, 0.5) is 11.4 Å². The smallest absolute Gasteiger partial charge is 0.146 e. The molecule has 31 heavy (non-hydrogen) atoms. The van der Waals surface area contributed by atoms with Crippen LogP contribution in [-0.2, 0) is 5.41 Å². The summed E-state index contributed by atoms with van der Waals surface area (Å²) in [4.78, 5) is 0. The summed E-state index contributed by atoms with van der Waals surface area (Å²) < 4.78 is 6.08. The van der Waals surface area contributed by atoms with E-state index in [2.05, 4.69) is 49.5 Å². The number of para-hydroxylation sites is 2. The molecule has 1 aliphatic rings. The molecule has 4 heteroatoms. The van der Waals surface area contributed by atoms with Crippen LogP contribution < -0.4 is 10.1 Å². The summed E-state index contributed by atoms with van der Waals surface area (Å²) in [5.41, 5.74) is 6.73. The predicted octanol–water partition coefficient (Wildman–Crippen LogP) is 8.84. The van der Waals surface area contributed by atoms with E-state index in [1.54, 1.807) is 0 Å². The van der Waals surface area contributed by atoms with Gasteiger partial charge in [-0.2, -0.15) is 0 Å². The quantitative estimate of drug-likeness (QED) is 0.338. The molecule has 1 aliphatic carbocycles. The Morgan fingerprint density at radius 2 is 1.35 bits per heavy atom. The van der Waals surface area contributed by atoms with E-state index in [1.807, 2.05) is 54.6 Å². The van der Waals surface area contributed by atoms with Crippen LogP contribution in [0.5, 0.6) is 11.5 Å². The zero-order chi connectivity index (χ0) is 21.6. The van der Waals surface area contributed by atoms with E-state index in [0.717, 1.165) is 17.1 Å². The summed E-state index contributed by atoms with van der Waals surface area (Å²) in [5.74, 6) is 1.44. The highest BCUT2D eigenvalue weighted by molar-refractivity contribution is 6.33. The number of fused-ring (bicyclic) bond motifs is 3. The number of halogens is 2. The summed E-state index contributed by atoms with van der Waals surface area (Å²) in [5, 5.41) is 4.74. The van der Waals surface area contributed by atoms with Crippen molar-refractivity contribution in [1.29, 1.82) is 0 Å². The minimum Gasteiger partial charge on any atom is -0.456 e. The lowest BCUT2D eigenvalue weighted by Gasteiger charge is -2.22. The number of benzene rings is 4. The molecular formula is C27H21Cl2NO. The van der Waals surface area contributed by atoms with Gasteiger partial charge in [-0.25, -0.2) is 0 Å². The molecule has 1 N–H and O–H groups in total. The van der Waals surface area contributed by atoms with Gasteiger partial charge in [0, 0.05) is 11.1 Å². The maximum absolute atomic E-state index is 6.33. The maximum Gasteiger partial charge on any atom is 0.146 e. The molecule has 0 radical (unpaired) electrons. The van der Waals surface area contributed by atoms with Crippen LogP contribution in [0.15, 0.2) is 84.9 Å². The van der Waals surface area contributed by atoms with Crippen LogP contribution >= 0.6 is 23.2 Å². The van der Waals surface area contributed by atoms with Gasteiger partial charge in [-0.15, -0.1) is 0 Å². The van der Waals surface area contributed by atoms with Crippen molar-refractivity contribution in [2.24, 2.45) is 0 Å². The molecule has 0 spiro atoms. The van der Waals surface area contributed by atoms with Crippen LogP contribution in [0, 0.1) is 0 Å². The third-order valence-corrected chi connectivity index (χ3v) is 6.51. The standard InChI is InChI=1S/C27H21Cl2NO/c1-27(2)21-15-17(30-25-9-5-3-7-23(25)28)11-13-19(21)20-14-12-18(16-22(20)27)31-26-10-6-4-8-24(26)29/h3-16,30H,1-2H3. The Bertz CT molecular complexity index is 1200. The topological polar surface area (TPSA) is 21.3 Å². The molecule has 4 aromatic rings. The third kappa shape index (κ3) is 3.56. The fourth-order valence-electron chi connectivity index (χ4n) is 4.23. The molecule has 4 aromatic carbocycles. The van der Waals surface area contributed by atoms with Crippen molar-refractivity contribution < 1.29 is 4.74 Å². The number of rotatable bonds is 4. The van der Waals surface area contributed by atoms with E-state index < -0.39 is 0 Å². The van der Waals surface area contributed by atoms with E-state index in [1.165, 1.54) is 22.3 Å². The molecule has 154 valence electrons. The summed E-state index contributed by atoms with van der Waals surface area (Å²) >= 11 is 12.6. The van der Waals surface area contributed by atoms with Gasteiger partial charge >= 0.3 is 0 Å².